The molecule has 9 heteroatoms. The number of rotatable bonds is 9. The standard InChI is InChI=1S/C19H22ClN3O3.C3H8O2/c1-2-26-15(8-11-22-18(24)14-6-4-3-5-7-14)12-23-19(25)16-13-21-10-9-17(16)20;1-3(2,4)5/h3-7,9-10,13,15H,2,8,11-12H2,1H3,(H,22,24)(H,23,25);4-5H,1-2H3. The molecule has 2 amide bonds. The number of carbonyl (C=O) groups is 2. The molecule has 0 saturated carbocycles. The Morgan fingerprint density at radius 1 is 1.13 bits per heavy atom. The van der Waals surface area contributed by atoms with Crippen molar-refractivity contribution in [2.45, 2.75) is 39.1 Å². The summed E-state index contributed by atoms with van der Waals surface area (Å²) in [6, 6.07) is 10.6. The maximum Gasteiger partial charge on any atom is 0.254 e. The van der Waals surface area contributed by atoms with E-state index < -0.39 is 5.79 Å². The molecule has 1 atom stereocenters. The predicted molar refractivity (Wildman–Crippen MR) is 119 cm³/mol. The minimum absolute atomic E-state index is 0.132. The smallest absolute Gasteiger partial charge is 0.254 e. The van der Waals surface area contributed by atoms with Crippen LogP contribution >= 0.6 is 11.6 Å². The molecule has 1 unspecified atom stereocenters. The van der Waals surface area contributed by atoms with Crippen LogP contribution in [-0.2, 0) is 4.74 Å². The third-order valence-electron chi connectivity index (χ3n) is 3.69. The van der Waals surface area contributed by atoms with Gasteiger partial charge in [-0.3, -0.25) is 14.6 Å². The van der Waals surface area contributed by atoms with Gasteiger partial charge in [0.15, 0.2) is 5.79 Å². The Morgan fingerprint density at radius 2 is 1.77 bits per heavy atom. The summed E-state index contributed by atoms with van der Waals surface area (Å²) in [4.78, 5) is 28.1. The van der Waals surface area contributed by atoms with Crippen molar-refractivity contribution in [2.24, 2.45) is 0 Å². The first-order chi connectivity index (χ1) is 14.6. The van der Waals surface area contributed by atoms with E-state index in [1.807, 2.05) is 25.1 Å². The molecule has 0 aliphatic carbocycles. The molecule has 0 radical (unpaired) electrons. The average molecular weight is 452 g/mol. The number of hydrogen-bond acceptors (Lipinski definition) is 6. The van der Waals surface area contributed by atoms with Crippen LogP contribution in [-0.4, -0.2) is 58.6 Å². The number of benzene rings is 1. The zero-order chi connectivity index (χ0) is 23.3. The summed E-state index contributed by atoms with van der Waals surface area (Å²) in [6.45, 7) is 5.76. The number of pyridine rings is 1. The zero-order valence-corrected chi connectivity index (χ0v) is 18.7. The van der Waals surface area contributed by atoms with E-state index in [1.165, 1.54) is 26.2 Å². The van der Waals surface area contributed by atoms with Crippen LogP contribution in [0.3, 0.4) is 0 Å². The minimum atomic E-state index is -1.50. The predicted octanol–water partition coefficient (Wildman–Crippen LogP) is 2.40. The van der Waals surface area contributed by atoms with E-state index in [0.29, 0.717) is 42.3 Å². The van der Waals surface area contributed by atoms with Crippen molar-refractivity contribution >= 4 is 23.4 Å². The van der Waals surface area contributed by atoms with Crippen LogP contribution in [0.25, 0.3) is 0 Å². The molecule has 0 aliphatic heterocycles. The van der Waals surface area contributed by atoms with Gasteiger partial charge in [0.1, 0.15) is 0 Å². The molecule has 1 aromatic heterocycles. The number of aliphatic hydroxyl groups is 2. The van der Waals surface area contributed by atoms with E-state index >= 15 is 0 Å². The Labute approximate surface area is 187 Å². The van der Waals surface area contributed by atoms with E-state index in [9.17, 15) is 9.59 Å². The highest BCUT2D eigenvalue weighted by atomic mass is 35.5. The van der Waals surface area contributed by atoms with Crippen LogP contribution in [0, 0.1) is 0 Å². The highest BCUT2D eigenvalue weighted by Gasteiger charge is 2.14. The van der Waals surface area contributed by atoms with E-state index in [4.69, 9.17) is 26.6 Å². The summed E-state index contributed by atoms with van der Waals surface area (Å²) in [5.74, 6) is -1.94. The molecular formula is C22H30ClN3O5. The lowest BCUT2D eigenvalue weighted by molar-refractivity contribution is -0.127. The summed E-state index contributed by atoms with van der Waals surface area (Å²) in [7, 11) is 0. The third kappa shape index (κ3) is 12.0. The number of halogens is 1. The van der Waals surface area contributed by atoms with Gasteiger partial charge in [0.25, 0.3) is 11.8 Å². The largest absolute Gasteiger partial charge is 0.377 e. The SMILES string of the molecule is CC(C)(O)O.CCOC(CCNC(=O)c1ccccc1)CNC(=O)c1cnccc1Cl. The molecule has 1 heterocycles. The lowest BCUT2D eigenvalue weighted by atomic mass is 10.2. The third-order valence-corrected chi connectivity index (χ3v) is 4.02. The van der Waals surface area contributed by atoms with Crippen molar-refractivity contribution in [1.29, 1.82) is 0 Å². The molecule has 0 aliphatic rings. The van der Waals surface area contributed by atoms with Gasteiger partial charge in [0, 0.05) is 37.7 Å². The number of nitrogens with zero attached hydrogens (tertiary/aromatic N) is 1. The van der Waals surface area contributed by atoms with Gasteiger partial charge in [-0.1, -0.05) is 29.8 Å². The molecule has 4 N–H and O–H groups in total. The van der Waals surface area contributed by atoms with Gasteiger partial charge < -0.3 is 25.6 Å². The molecule has 31 heavy (non-hydrogen) atoms. The Morgan fingerprint density at radius 3 is 2.35 bits per heavy atom. The van der Waals surface area contributed by atoms with Gasteiger partial charge in [-0.2, -0.15) is 0 Å². The highest BCUT2D eigenvalue weighted by molar-refractivity contribution is 6.33. The summed E-state index contributed by atoms with van der Waals surface area (Å²) in [5.41, 5.74) is 0.932. The zero-order valence-electron chi connectivity index (χ0n) is 18.0. The fraction of sp³-hybridized carbons (Fsp3) is 0.409. The number of amides is 2. The average Bonchev–Trinajstić information content (AvgIpc) is 2.71. The lowest BCUT2D eigenvalue weighted by Crippen LogP contribution is -2.36. The number of hydrogen-bond donors (Lipinski definition) is 4. The first-order valence-corrected chi connectivity index (χ1v) is 10.3. The second-order valence-electron chi connectivity index (χ2n) is 7.05. The van der Waals surface area contributed by atoms with Gasteiger partial charge in [-0.05, 0) is 45.4 Å². The van der Waals surface area contributed by atoms with Crippen molar-refractivity contribution < 1.29 is 24.5 Å². The van der Waals surface area contributed by atoms with Gasteiger partial charge in [0.2, 0.25) is 0 Å². The van der Waals surface area contributed by atoms with E-state index in [0.717, 1.165) is 0 Å². The fourth-order valence-electron chi connectivity index (χ4n) is 2.36. The number of ether oxygens (including phenoxy) is 1. The summed E-state index contributed by atoms with van der Waals surface area (Å²) < 4.78 is 5.63. The fourth-order valence-corrected chi connectivity index (χ4v) is 2.56. The molecule has 0 saturated heterocycles. The van der Waals surface area contributed by atoms with Crippen LogP contribution < -0.4 is 10.6 Å². The highest BCUT2D eigenvalue weighted by Crippen LogP contribution is 2.13. The Kier molecular flexibility index (Phi) is 11.7. The van der Waals surface area contributed by atoms with Crippen molar-refractivity contribution in [1.82, 2.24) is 15.6 Å². The van der Waals surface area contributed by atoms with Gasteiger partial charge >= 0.3 is 0 Å². The van der Waals surface area contributed by atoms with Crippen molar-refractivity contribution in [3.63, 3.8) is 0 Å². The minimum Gasteiger partial charge on any atom is -0.377 e. The summed E-state index contributed by atoms with van der Waals surface area (Å²) in [6.07, 6.45) is 3.31. The summed E-state index contributed by atoms with van der Waals surface area (Å²) >= 11 is 5.99. The molecule has 0 bridgehead atoms. The topological polar surface area (TPSA) is 121 Å². The number of aromatic nitrogens is 1. The number of carbonyl (C=O) groups excluding carboxylic acids is 2. The van der Waals surface area contributed by atoms with E-state index in [-0.39, 0.29) is 17.9 Å². The Bertz CT molecular complexity index is 806. The molecule has 2 aromatic rings. The van der Waals surface area contributed by atoms with Crippen LogP contribution in [0.1, 0.15) is 47.9 Å². The molecule has 2 rings (SSSR count). The second-order valence-corrected chi connectivity index (χ2v) is 7.46. The Hall–Kier alpha value is -2.52. The monoisotopic (exact) mass is 451 g/mol. The number of nitrogens with one attached hydrogen (secondary N) is 2. The molecule has 1 aromatic carbocycles. The van der Waals surface area contributed by atoms with E-state index in [1.54, 1.807) is 18.2 Å². The molecule has 8 nitrogen and oxygen atoms in total. The Balaban J connectivity index is 0.000000861. The lowest BCUT2D eigenvalue weighted by Gasteiger charge is -2.18. The van der Waals surface area contributed by atoms with E-state index in [2.05, 4.69) is 15.6 Å². The normalized spacial score (nSPS) is 11.7. The molecule has 0 fully saturated rings. The van der Waals surface area contributed by atoms with Crippen molar-refractivity contribution in [2.75, 3.05) is 19.7 Å². The van der Waals surface area contributed by atoms with Gasteiger partial charge in [0.05, 0.1) is 16.7 Å². The van der Waals surface area contributed by atoms with Gasteiger partial charge in [-0.15, -0.1) is 0 Å². The first-order valence-electron chi connectivity index (χ1n) is 9.89. The van der Waals surface area contributed by atoms with Crippen LogP contribution in [0.5, 0.6) is 0 Å². The van der Waals surface area contributed by atoms with Crippen LogP contribution in [0.2, 0.25) is 5.02 Å². The quantitative estimate of drug-likeness (QED) is 0.434. The maximum atomic E-state index is 12.2. The van der Waals surface area contributed by atoms with Gasteiger partial charge in [-0.25, -0.2) is 0 Å². The molecular weight excluding hydrogens is 422 g/mol. The van der Waals surface area contributed by atoms with Crippen LogP contribution in [0.15, 0.2) is 48.8 Å². The van der Waals surface area contributed by atoms with Crippen molar-refractivity contribution in [3.8, 4) is 0 Å². The summed E-state index contributed by atoms with van der Waals surface area (Å²) in [5, 5.41) is 22.1. The maximum absolute atomic E-state index is 12.2. The first kappa shape index (κ1) is 26.5. The second kappa shape index (κ2) is 13.7. The molecule has 0 spiro atoms. The molecule has 170 valence electrons. The van der Waals surface area contributed by atoms with Crippen LogP contribution in [0.4, 0.5) is 0 Å². The van der Waals surface area contributed by atoms with Crippen molar-refractivity contribution in [3.05, 3.63) is 64.9 Å².